The third kappa shape index (κ3) is 6.17. The normalized spacial score (nSPS) is 12.0. The number of methoxy groups -OCH3 is 1. The van der Waals surface area contributed by atoms with Crippen LogP contribution in [0.4, 0.5) is 0 Å². The summed E-state index contributed by atoms with van der Waals surface area (Å²) in [6, 6.07) is 13.8. The molecule has 6 nitrogen and oxygen atoms in total. The molecule has 0 saturated carbocycles. The predicted molar refractivity (Wildman–Crippen MR) is 110 cm³/mol. The number of esters is 1. The number of nitrogens with one attached hydrogen (secondary N) is 1. The molecule has 0 heterocycles. The molecule has 0 aromatic heterocycles. The molecule has 1 N–H and O–H groups in total. The maximum absolute atomic E-state index is 12.5. The van der Waals surface area contributed by atoms with Gasteiger partial charge in [0, 0.05) is 11.1 Å². The highest BCUT2D eigenvalue weighted by molar-refractivity contribution is 6.00. The quantitative estimate of drug-likeness (QED) is 0.571. The van der Waals surface area contributed by atoms with Crippen LogP contribution in [0.5, 0.6) is 5.75 Å². The zero-order chi connectivity index (χ0) is 21.6. The lowest BCUT2D eigenvalue weighted by Gasteiger charge is -2.19. The van der Waals surface area contributed by atoms with E-state index in [0.29, 0.717) is 16.9 Å². The first-order chi connectivity index (χ1) is 13.6. The van der Waals surface area contributed by atoms with Gasteiger partial charge in [0.15, 0.2) is 6.10 Å². The second kappa shape index (κ2) is 9.37. The van der Waals surface area contributed by atoms with Crippen molar-refractivity contribution in [2.75, 3.05) is 13.7 Å². The predicted octanol–water partition coefficient (Wildman–Crippen LogP) is 3.54. The van der Waals surface area contributed by atoms with Crippen LogP contribution in [0.1, 0.15) is 54.0 Å². The summed E-state index contributed by atoms with van der Waals surface area (Å²) >= 11 is 0. The lowest BCUT2D eigenvalue weighted by atomic mass is 9.86. The first kappa shape index (κ1) is 22.1. The van der Waals surface area contributed by atoms with Crippen molar-refractivity contribution in [1.82, 2.24) is 5.32 Å². The van der Waals surface area contributed by atoms with E-state index < -0.39 is 18.0 Å². The summed E-state index contributed by atoms with van der Waals surface area (Å²) in [5.41, 5.74) is 1.93. The van der Waals surface area contributed by atoms with Gasteiger partial charge in [-0.25, -0.2) is 0 Å². The first-order valence-corrected chi connectivity index (χ1v) is 9.38. The summed E-state index contributed by atoms with van der Waals surface area (Å²) in [5.74, 6) is -0.874. The Balaban J connectivity index is 1.89. The Labute approximate surface area is 171 Å². The average Bonchev–Trinajstić information content (AvgIpc) is 2.70. The Bertz CT molecular complexity index is 881. The SMILES string of the molecule is COc1cccc(C(=O)NCC(=O)O[C@H](C)C(=O)c2ccc(C(C)(C)C)cc2)c1. The first-order valence-electron chi connectivity index (χ1n) is 9.38. The largest absolute Gasteiger partial charge is 0.497 e. The van der Waals surface area contributed by atoms with E-state index in [2.05, 4.69) is 26.1 Å². The second-order valence-corrected chi connectivity index (χ2v) is 7.74. The van der Waals surface area contributed by atoms with Gasteiger partial charge < -0.3 is 14.8 Å². The van der Waals surface area contributed by atoms with Crippen LogP contribution in [0.15, 0.2) is 48.5 Å². The molecule has 0 unspecified atom stereocenters. The van der Waals surface area contributed by atoms with Gasteiger partial charge >= 0.3 is 5.97 Å². The van der Waals surface area contributed by atoms with E-state index in [1.54, 1.807) is 36.4 Å². The zero-order valence-corrected chi connectivity index (χ0v) is 17.4. The van der Waals surface area contributed by atoms with Gasteiger partial charge in [-0.05, 0) is 36.1 Å². The molecule has 0 aliphatic heterocycles. The van der Waals surface area contributed by atoms with Gasteiger partial charge in [0.1, 0.15) is 12.3 Å². The minimum Gasteiger partial charge on any atom is -0.497 e. The van der Waals surface area contributed by atoms with Crippen molar-refractivity contribution in [2.45, 2.75) is 39.2 Å². The van der Waals surface area contributed by atoms with Crippen LogP contribution in [0.3, 0.4) is 0 Å². The summed E-state index contributed by atoms with van der Waals surface area (Å²) < 4.78 is 10.2. The van der Waals surface area contributed by atoms with Crippen molar-refractivity contribution < 1.29 is 23.9 Å². The van der Waals surface area contributed by atoms with Gasteiger partial charge in [-0.15, -0.1) is 0 Å². The van der Waals surface area contributed by atoms with Crippen molar-refractivity contribution in [2.24, 2.45) is 0 Å². The monoisotopic (exact) mass is 397 g/mol. The number of Topliss-reactive ketones (excluding diaryl/α,β-unsaturated/α-hetero) is 1. The summed E-state index contributed by atoms with van der Waals surface area (Å²) in [6.45, 7) is 7.45. The van der Waals surface area contributed by atoms with Crippen LogP contribution in [0, 0.1) is 0 Å². The van der Waals surface area contributed by atoms with Crippen molar-refractivity contribution in [3.63, 3.8) is 0 Å². The molecule has 0 spiro atoms. The second-order valence-electron chi connectivity index (χ2n) is 7.74. The standard InChI is InChI=1S/C23H27NO5/c1-15(21(26)16-9-11-18(12-10-16)23(2,3)4)29-20(25)14-24-22(27)17-7-6-8-19(13-17)28-5/h6-13,15H,14H2,1-5H3,(H,24,27)/t15-/m1/s1. The van der Waals surface area contributed by atoms with E-state index in [9.17, 15) is 14.4 Å². The lowest BCUT2D eigenvalue weighted by molar-refractivity contribution is -0.145. The Morgan fingerprint density at radius 3 is 2.24 bits per heavy atom. The molecule has 0 aliphatic carbocycles. The molecular formula is C23H27NO5. The summed E-state index contributed by atoms with van der Waals surface area (Å²) in [5, 5.41) is 2.48. The molecule has 1 atom stereocenters. The van der Waals surface area contributed by atoms with Gasteiger partial charge in [0.2, 0.25) is 5.78 Å². The third-order valence-electron chi connectivity index (χ3n) is 4.44. The fraction of sp³-hybridized carbons (Fsp3) is 0.348. The molecule has 0 saturated heterocycles. The minimum absolute atomic E-state index is 0.0133. The smallest absolute Gasteiger partial charge is 0.326 e. The minimum atomic E-state index is -0.947. The van der Waals surface area contributed by atoms with Crippen molar-refractivity contribution in [3.05, 3.63) is 65.2 Å². The molecule has 2 rings (SSSR count). The molecular weight excluding hydrogens is 370 g/mol. The highest BCUT2D eigenvalue weighted by Gasteiger charge is 2.21. The van der Waals surface area contributed by atoms with Crippen LogP contribution in [-0.4, -0.2) is 37.4 Å². The molecule has 0 fully saturated rings. The van der Waals surface area contributed by atoms with E-state index in [1.807, 2.05) is 12.1 Å². The van der Waals surface area contributed by atoms with Crippen LogP contribution in [-0.2, 0) is 14.9 Å². The fourth-order valence-corrected chi connectivity index (χ4v) is 2.68. The zero-order valence-electron chi connectivity index (χ0n) is 17.4. The molecule has 154 valence electrons. The summed E-state index contributed by atoms with van der Waals surface area (Å²) in [4.78, 5) is 36.6. The number of rotatable bonds is 7. The molecule has 6 heteroatoms. The highest BCUT2D eigenvalue weighted by Crippen LogP contribution is 2.22. The van der Waals surface area contributed by atoms with Gasteiger partial charge in [-0.3, -0.25) is 14.4 Å². The maximum Gasteiger partial charge on any atom is 0.326 e. The van der Waals surface area contributed by atoms with Crippen LogP contribution in [0.2, 0.25) is 0 Å². The maximum atomic E-state index is 12.5. The molecule has 2 aromatic carbocycles. The van der Waals surface area contributed by atoms with Crippen molar-refractivity contribution in [1.29, 1.82) is 0 Å². The lowest BCUT2D eigenvalue weighted by Crippen LogP contribution is -2.34. The number of benzene rings is 2. The molecule has 29 heavy (non-hydrogen) atoms. The topological polar surface area (TPSA) is 81.7 Å². The van der Waals surface area contributed by atoms with E-state index in [4.69, 9.17) is 9.47 Å². The van der Waals surface area contributed by atoms with E-state index in [-0.39, 0.29) is 17.7 Å². The Kier molecular flexibility index (Phi) is 7.15. The van der Waals surface area contributed by atoms with E-state index in [1.165, 1.54) is 14.0 Å². The Morgan fingerprint density at radius 2 is 1.66 bits per heavy atom. The van der Waals surface area contributed by atoms with Gasteiger partial charge in [-0.2, -0.15) is 0 Å². The molecule has 0 bridgehead atoms. The third-order valence-corrected chi connectivity index (χ3v) is 4.44. The van der Waals surface area contributed by atoms with Crippen LogP contribution >= 0.6 is 0 Å². The molecule has 0 radical (unpaired) electrons. The number of carbonyl (C=O) groups is 3. The summed E-state index contributed by atoms with van der Waals surface area (Å²) in [7, 11) is 1.50. The average molecular weight is 397 g/mol. The van der Waals surface area contributed by atoms with Crippen LogP contribution in [0.25, 0.3) is 0 Å². The van der Waals surface area contributed by atoms with Crippen molar-refractivity contribution in [3.8, 4) is 5.75 Å². The van der Waals surface area contributed by atoms with E-state index >= 15 is 0 Å². The number of ketones is 1. The number of amides is 1. The number of hydrogen-bond acceptors (Lipinski definition) is 5. The Morgan fingerprint density at radius 1 is 1.00 bits per heavy atom. The number of hydrogen-bond donors (Lipinski definition) is 1. The molecule has 2 aromatic rings. The van der Waals surface area contributed by atoms with Crippen LogP contribution < -0.4 is 10.1 Å². The number of ether oxygens (including phenoxy) is 2. The van der Waals surface area contributed by atoms with Gasteiger partial charge in [-0.1, -0.05) is 51.1 Å². The van der Waals surface area contributed by atoms with Gasteiger partial charge in [0.25, 0.3) is 5.91 Å². The molecule has 1 amide bonds. The molecule has 0 aliphatic rings. The fourth-order valence-electron chi connectivity index (χ4n) is 2.68. The Hall–Kier alpha value is -3.15. The van der Waals surface area contributed by atoms with Crippen molar-refractivity contribution >= 4 is 17.7 Å². The summed E-state index contributed by atoms with van der Waals surface area (Å²) in [6.07, 6.45) is -0.947. The highest BCUT2D eigenvalue weighted by atomic mass is 16.5. The number of carbonyl (C=O) groups excluding carboxylic acids is 3. The van der Waals surface area contributed by atoms with Gasteiger partial charge in [0.05, 0.1) is 7.11 Å². The van der Waals surface area contributed by atoms with E-state index in [0.717, 1.165) is 5.56 Å².